The number of hydrogen-bond acceptors (Lipinski definition) is 7. The van der Waals surface area contributed by atoms with E-state index < -0.39 is 11.9 Å². The van der Waals surface area contributed by atoms with E-state index in [2.05, 4.69) is 12.2 Å². The number of rotatable bonds is 11. The van der Waals surface area contributed by atoms with Gasteiger partial charge in [0.05, 0.1) is 26.4 Å². The highest BCUT2D eigenvalue weighted by Gasteiger charge is 2.41. The lowest BCUT2D eigenvalue weighted by Crippen LogP contribution is -2.36. The summed E-state index contributed by atoms with van der Waals surface area (Å²) in [7, 11) is 3.21. The summed E-state index contributed by atoms with van der Waals surface area (Å²) in [4.78, 5) is 27.6. The van der Waals surface area contributed by atoms with Gasteiger partial charge in [0.1, 0.15) is 12.4 Å². The number of Topliss-reactive ketones (excluding diaryl/α,β-unsaturated/α-hetero) is 1. The van der Waals surface area contributed by atoms with E-state index in [-0.39, 0.29) is 11.7 Å². The number of benzene rings is 3. The van der Waals surface area contributed by atoms with Crippen LogP contribution >= 0.6 is 0 Å². The number of unbranched alkanes of at least 4 members (excludes halogenated alkanes) is 1. The van der Waals surface area contributed by atoms with Crippen molar-refractivity contribution in [2.75, 3.05) is 20.8 Å². The average Bonchev–Trinajstić information content (AvgIpc) is 3.03. The lowest BCUT2D eigenvalue weighted by molar-refractivity contribution is -0.139. The van der Waals surface area contributed by atoms with Gasteiger partial charge in [-0.1, -0.05) is 61.9 Å². The third kappa shape index (κ3) is 6.61. The van der Waals surface area contributed by atoms with Crippen LogP contribution in [0.25, 0.3) is 0 Å². The lowest BCUT2D eigenvalue weighted by atomic mass is 9.71. The SMILES string of the molecule is CCCCOC(=O)C1=C(C)NC2=C(C(=O)C[C@@H](c3ccc(OC)c(OC)c3)C2)[C@H]1c1cccc(OCc2ccccc2)c1. The number of nitrogens with one attached hydrogen (secondary N) is 1. The minimum Gasteiger partial charge on any atom is -0.493 e. The Kier molecular flexibility index (Phi) is 9.50. The van der Waals surface area contributed by atoms with Gasteiger partial charge >= 0.3 is 5.97 Å². The maximum atomic E-state index is 14.0. The number of methoxy groups -OCH3 is 2. The Morgan fingerprint density at radius 2 is 1.70 bits per heavy atom. The average molecular weight is 582 g/mol. The summed E-state index contributed by atoms with van der Waals surface area (Å²) in [6, 6.07) is 23.4. The van der Waals surface area contributed by atoms with Gasteiger partial charge in [0.25, 0.3) is 0 Å². The van der Waals surface area contributed by atoms with Gasteiger partial charge < -0.3 is 24.3 Å². The van der Waals surface area contributed by atoms with Crippen LogP contribution < -0.4 is 19.5 Å². The number of carbonyl (C=O) groups is 2. The Morgan fingerprint density at radius 1 is 0.907 bits per heavy atom. The van der Waals surface area contributed by atoms with E-state index in [1.807, 2.05) is 79.7 Å². The summed E-state index contributed by atoms with van der Waals surface area (Å²) >= 11 is 0. The van der Waals surface area contributed by atoms with E-state index in [4.69, 9.17) is 18.9 Å². The normalized spacial score (nSPS) is 18.1. The Balaban J connectivity index is 1.50. The first-order chi connectivity index (χ1) is 20.9. The van der Waals surface area contributed by atoms with E-state index in [1.54, 1.807) is 14.2 Å². The molecule has 7 nitrogen and oxygen atoms in total. The molecule has 1 aliphatic heterocycles. The lowest BCUT2D eigenvalue weighted by Gasteiger charge is -2.37. The van der Waals surface area contributed by atoms with Crippen LogP contribution in [-0.2, 0) is 20.9 Å². The number of ether oxygens (including phenoxy) is 4. The number of allylic oxidation sites excluding steroid dienone is 3. The first-order valence-electron chi connectivity index (χ1n) is 14.8. The number of esters is 1. The predicted octanol–water partition coefficient (Wildman–Crippen LogP) is 6.99. The van der Waals surface area contributed by atoms with Crippen LogP contribution in [0, 0.1) is 0 Å². The zero-order chi connectivity index (χ0) is 30.3. The van der Waals surface area contributed by atoms with Gasteiger partial charge in [-0.05, 0) is 66.6 Å². The molecule has 0 unspecified atom stereocenters. The summed E-state index contributed by atoms with van der Waals surface area (Å²) in [6.45, 7) is 4.68. The monoisotopic (exact) mass is 581 g/mol. The second kappa shape index (κ2) is 13.6. The van der Waals surface area contributed by atoms with Crippen molar-refractivity contribution in [1.82, 2.24) is 5.32 Å². The van der Waals surface area contributed by atoms with E-state index in [0.717, 1.165) is 35.2 Å². The van der Waals surface area contributed by atoms with Gasteiger partial charge in [0.2, 0.25) is 0 Å². The first-order valence-corrected chi connectivity index (χ1v) is 14.8. The summed E-state index contributed by atoms with van der Waals surface area (Å²) in [6.07, 6.45) is 2.62. The molecule has 0 saturated heterocycles. The topological polar surface area (TPSA) is 83.1 Å². The molecule has 224 valence electrons. The first kappa shape index (κ1) is 30.0. The van der Waals surface area contributed by atoms with Crippen molar-refractivity contribution in [1.29, 1.82) is 0 Å². The van der Waals surface area contributed by atoms with Crippen LogP contribution in [0.5, 0.6) is 17.2 Å². The van der Waals surface area contributed by atoms with Crippen LogP contribution in [0.2, 0.25) is 0 Å². The van der Waals surface area contributed by atoms with Crippen molar-refractivity contribution in [2.45, 2.75) is 58.0 Å². The van der Waals surface area contributed by atoms with E-state index in [1.165, 1.54) is 0 Å². The van der Waals surface area contributed by atoms with Crippen LogP contribution in [0.4, 0.5) is 0 Å². The van der Waals surface area contributed by atoms with Crippen LogP contribution in [0.3, 0.4) is 0 Å². The third-order valence-corrected chi connectivity index (χ3v) is 8.10. The van der Waals surface area contributed by atoms with E-state index >= 15 is 0 Å². The summed E-state index contributed by atoms with van der Waals surface area (Å²) in [5.41, 5.74) is 5.48. The van der Waals surface area contributed by atoms with Gasteiger partial charge in [-0.25, -0.2) is 4.79 Å². The molecular formula is C36H39NO6. The Hall–Kier alpha value is -4.52. The molecular weight excluding hydrogens is 542 g/mol. The number of hydrogen-bond donors (Lipinski definition) is 1. The Morgan fingerprint density at radius 3 is 2.44 bits per heavy atom. The second-order valence-electron chi connectivity index (χ2n) is 11.0. The number of dihydropyridines is 1. The second-order valence-corrected chi connectivity index (χ2v) is 11.0. The van der Waals surface area contributed by atoms with Crippen molar-refractivity contribution >= 4 is 11.8 Å². The van der Waals surface area contributed by atoms with Crippen LogP contribution in [0.15, 0.2) is 95.3 Å². The molecule has 3 aromatic rings. The fraction of sp³-hybridized carbons (Fsp3) is 0.333. The third-order valence-electron chi connectivity index (χ3n) is 8.10. The molecule has 1 aliphatic carbocycles. The highest BCUT2D eigenvalue weighted by molar-refractivity contribution is 6.04. The molecule has 0 spiro atoms. The minimum absolute atomic E-state index is 0.000463. The van der Waals surface area contributed by atoms with E-state index in [0.29, 0.717) is 60.1 Å². The fourth-order valence-electron chi connectivity index (χ4n) is 5.90. The smallest absolute Gasteiger partial charge is 0.336 e. The molecule has 0 bridgehead atoms. The molecule has 0 amide bonds. The van der Waals surface area contributed by atoms with Crippen molar-refractivity contribution in [2.24, 2.45) is 0 Å². The van der Waals surface area contributed by atoms with Gasteiger partial charge in [0.15, 0.2) is 17.3 Å². The van der Waals surface area contributed by atoms with Crippen molar-refractivity contribution < 1.29 is 28.5 Å². The Labute approximate surface area is 253 Å². The van der Waals surface area contributed by atoms with E-state index in [9.17, 15) is 9.59 Å². The van der Waals surface area contributed by atoms with Gasteiger partial charge in [-0.2, -0.15) is 0 Å². The summed E-state index contributed by atoms with van der Waals surface area (Å²) in [5.74, 6) is 0.923. The molecule has 1 N–H and O–H groups in total. The van der Waals surface area contributed by atoms with Gasteiger partial charge in [-0.3, -0.25) is 4.79 Å². The highest BCUT2D eigenvalue weighted by Crippen LogP contribution is 2.47. The molecule has 0 radical (unpaired) electrons. The summed E-state index contributed by atoms with van der Waals surface area (Å²) in [5, 5.41) is 3.43. The minimum atomic E-state index is -0.565. The molecule has 0 saturated carbocycles. The molecule has 3 aromatic carbocycles. The van der Waals surface area contributed by atoms with Crippen molar-refractivity contribution in [3.05, 3.63) is 112 Å². The molecule has 0 aromatic heterocycles. The number of carbonyl (C=O) groups excluding carboxylic acids is 2. The molecule has 2 atom stereocenters. The zero-order valence-corrected chi connectivity index (χ0v) is 25.3. The molecule has 7 heteroatoms. The molecule has 43 heavy (non-hydrogen) atoms. The van der Waals surface area contributed by atoms with Gasteiger partial charge in [-0.15, -0.1) is 0 Å². The molecule has 0 fully saturated rings. The largest absolute Gasteiger partial charge is 0.493 e. The van der Waals surface area contributed by atoms with Crippen molar-refractivity contribution in [3.8, 4) is 17.2 Å². The molecule has 1 heterocycles. The standard InChI is InChI=1S/C36H39NO6/c1-5-6-17-42-36(39)33-23(2)37-29-19-27(25-15-16-31(40-3)32(21-25)41-4)20-30(38)35(29)34(33)26-13-10-14-28(18-26)43-22-24-11-8-7-9-12-24/h7-16,18,21,27,34,37H,5-6,17,19-20,22H2,1-4H3/t27-,34-/m0/s1. The maximum Gasteiger partial charge on any atom is 0.336 e. The number of ketones is 1. The van der Waals surface area contributed by atoms with Crippen molar-refractivity contribution in [3.63, 3.8) is 0 Å². The maximum absolute atomic E-state index is 14.0. The predicted molar refractivity (Wildman–Crippen MR) is 165 cm³/mol. The highest BCUT2D eigenvalue weighted by atomic mass is 16.5. The Bertz CT molecular complexity index is 1540. The zero-order valence-electron chi connectivity index (χ0n) is 25.3. The molecule has 5 rings (SSSR count). The quantitative estimate of drug-likeness (QED) is 0.193. The van der Waals surface area contributed by atoms with Crippen LogP contribution in [-0.4, -0.2) is 32.6 Å². The van der Waals surface area contributed by atoms with Gasteiger partial charge in [0, 0.05) is 29.3 Å². The van der Waals surface area contributed by atoms with Crippen LogP contribution in [0.1, 0.15) is 68.1 Å². The fourth-order valence-corrected chi connectivity index (χ4v) is 5.90. The molecule has 2 aliphatic rings. The summed E-state index contributed by atoms with van der Waals surface area (Å²) < 4.78 is 22.8.